The van der Waals surface area contributed by atoms with E-state index in [0.717, 1.165) is 5.92 Å². The molecular weight excluding hydrogens is 88.1 g/mol. The van der Waals surface area contributed by atoms with E-state index in [0.29, 0.717) is 6.42 Å². The van der Waals surface area contributed by atoms with Crippen LogP contribution in [0.1, 0.15) is 27.2 Å². The van der Waals surface area contributed by atoms with Crippen molar-refractivity contribution < 1.29 is 4.79 Å². The summed E-state index contributed by atoms with van der Waals surface area (Å²) >= 11 is 0. The Morgan fingerprint density at radius 1 is 1.43 bits per heavy atom. The van der Waals surface area contributed by atoms with Gasteiger partial charge in [-0.05, 0) is 0 Å². The molecule has 0 fully saturated rings. The van der Waals surface area contributed by atoms with Crippen LogP contribution in [0.2, 0.25) is 0 Å². The van der Waals surface area contributed by atoms with Gasteiger partial charge in [-0.1, -0.05) is 20.8 Å². The molecule has 0 atom stereocenters. The predicted octanol–water partition coefficient (Wildman–Crippen LogP) is 1.58. The topological polar surface area (TPSA) is 17.1 Å². The van der Waals surface area contributed by atoms with Gasteiger partial charge in [-0.2, -0.15) is 0 Å². The number of carbonyl (C=O) groups excluding carboxylic acids is 1. The lowest BCUT2D eigenvalue weighted by Gasteiger charge is -1.95. The van der Waals surface area contributed by atoms with E-state index in [4.69, 9.17) is 0 Å². The van der Waals surface area contributed by atoms with Gasteiger partial charge in [0.1, 0.15) is 5.78 Å². The zero-order valence-corrected chi connectivity index (χ0v) is 5.12. The summed E-state index contributed by atoms with van der Waals surface area (Å²) in [4.78, 5) is 10.5. The first-order valence-corrected chi connectivity index (χ1v) is 2.51. The van der Waals surface area contributed by atoms with Crippen molar-refractivity contribution >= 4 is 5.78 Å². The summed E-state index contributed by atoms with van der Waals surface area (Å²) in [6.45, 7) is 5.55. The molecule has 1 radical (unpaired) electrons. The largest absolute Gasteiger partial charge is 0.299 e. The molecule has 0 rings (SSSR count). The Morgan fingerprint density at radius 3 is 1.86 bits per heavy atom. The van der Waals surface area contributed by atoms with Crippen molar-refractivity contribution in [2.45, 2.75) is 27.2 Å². The quantitative estimate of drug-likeness (QED) is 0.513. The van der Waals surface area contributed by atoms with Crippen molar-refractivity contribution in [3.63, 3.8) is 0 Å². The number of ketones is 1. The van der Waals surface area contributed by atoms with Gasteiger partial charge in [-0.3, -0.25) is 4.79 Å². The van der Waals surface area contributed by atoms with Crippen LogP contribution in [0, 0.1) is 5.92 Å². The number of rotatable bonds is 2. The van der Waals surface area contributed by atoms with E-state index in [1.807, 2.05) is 20.8 Å². The highest BCUT2D eigenvalue weighted by atomic mass is 16.1. The lowest BCUT2D eigenvalue weighted by molar-refractivity contribution is -0.116. The molecule has 0 aliphatic rings. The van der Waals surface area contributed by atoms with Crippen molar-refractivity contribution in [1.82, 2.24) is 0 Å². The Labute approximate surface area is 44.7 Å². The fourth-order valence-electron chi connectivity index (χ4n) is 0.354. The first kappa shape index (κ1) is 6.67. The number of hydrogen-bond acceptors (Lipinski definition) is 1. The summed E-state index contributed by atoms with van der Waals surface area (Å²) < 4.78 is 0. The smallest absolute Gasteiger partial charge is 0.139 e. The molecule has 0 bridgehead atoms. The van der Waals surface area contributed by atoms with E-state index in [1.54, 1.807) is 0 Å². The van der Waals surface area contributed by atoms with Crippen molar-refractivity contribution in [1.29, 1.82) is 0 Å². The second-order valence-corrected chi connectivity index (χ2v) is 1.78. The minimum absolute atomic E-state index is 0.264. The van der Waals surface area contributed by atoms with E-state index in [2.05, 4.69) is 0 Å². The highest BCUT2D eigenvalue weighted by molar-refractivity contribution is 5.90. The van der Waals surface area contributed by atoms with Crippen LogP contribution in [0.3, 0.4) is 0 Å². The molecule has 0 unspecified atom stereocenters. The van der Waals surface area contributed by atoms with Crippen molar-refractivity contribution in [3.05, 3.63) is 5.92 Å². The minimum atomic E-state index is 0.264. The predicted molar refractivity (Wildman–Crippen MR) is 29.9 cm³/mol. The molecule has 0 aromatic carbocycles. The molecule has 0 amide bonds. The normalized spacial score (nSPS) is 9.71. The number of hydrogen-bond donors (Lipinski definition) is 0. The molecule has 0 spiro atoms. The van der Waals surface area contributed by atoms with E-state index < -0.39 is 0 Å². The zero-order chi connectivity index (χ0) is 5.86. The molecule has 0 aromatic heterocycles. The number of carbonyl (C=O) groups is 1. The Morgan fingerprint density at radius 2 is 1.86 bits per heavy atom. The molecule has 0 aromatic rings. The van der Waals surface area contributed by atoms with E-state index in [9.17, 15) is 4.79 Å². The average molecular weight is 99.2 g/mol. The molecule has 7 heavy (non-hydrogen) atoms. The average Bonchev–Trinajstić information content (AvgIpc) is 1.65. The maximum atomic E-state index is 10.5. The van der Waals surface area contributed by atoms with Gasteiger partial charge in [0, 0.05) is 12.3 Å². The summed E-state index contributed by atoms with van der Waals surface area (Å²) in [6, 6.07) is 0. The molecule has 1 heteroatoms. The van der Waals surface area contributed by atoms with Crippen molar-refractivity contribution in [3.8, 4) is 0 Å². The Balaban J connectivity index is 3.35. The first-order chi connectivity index (χ1) is 3.18. The molecule has 0 N–H and O–H groups in total. The van der Waals surface area contributed by atoms with Crippen molar-refractivity contribution in [2.24, 2.45) is 0 Å². The molecular formula is C6H11O. The Hall–Kier alpha value is -0.330. The van der Waals surface area contributed by atoms with Gasteiger partial charge in [-0.25, -0.2) is 0 Å². The van der Waals surface area contributed by atoms with Crippen LogP contribution in [0.15, 0.2) is 0 Å². The van der Waals surface area contributed by atoms with Gasteiger partial charge in [-0.15, -0.1) is 0 Å². The zero-order valence-electron chi connectivity index (χ0n) is 5.12. The standard InChI is InChI=1S/C6H11O/c1-4-6(7)5(2)3/h4H2,1-3H3. The van der Waals surface area contributed by atoms with Crippen LogP contribution in [0.5, 0.6) is 0 Å². The maximum Gasteiger partial charge on any atom is 0.139 e. The van der Waals surface area contributed by atoms with Crippen LogP contribution < -0.4 is 0 Å². The SMILES string of the molecule is CCC(=O)[C](C)C. The van der Waals surface area contributed by atoms with Crippen LogP contribution in [-0.4, -0.2) is 5.78 Å². The molecule has 41 valence electrons. The molecule has 0 aliphatic heterocycles. The van der Waals surface area contributed by atoms with E-state index in [-0.39, 0.29) is 5.78 Å². The Bertz CT molecular complexity index is 64.6. The minimum Gasteiger partial charge on any atom is -0.299 e. The van der Waals surface area contributed by atoms with Crippen LogP contribution in [0.4, 0.5) is 0 Å². The molecule has 1 nitrogen and oxygen atoms in total. The third-order valence-electron chi connectivity index (χ3n) is 0.879. The van der Waals surface area contributed by atoms with Gasteiger partial charge < -0.3 is 0 Å². The third kappa shape index (κ3) is 2.38. The summed E-state index contributed by atoms with van der Waals surface area (Å²) in [5.41, 5.74) is 0. The summed E-state index contributed by atoms with van der Waals surface area (Å²) in [5.74, 6) is 1.17. The van der Waals surface area contributed by atoms with E-state index >= 15 is 0 Å². The molecule has 0 heterocycles. The maximum absolute atomic E-state index is 10.5. The lowest BCUT2D eigenvalue weighted by Crippen LogP contribution is -2.00. The van der Waals surface area contributed by atoms with Crippen LogP contribution in [-0.2, 0) is 4.79 Å². The monoisotopic (exact) mass is 99.1 g/mol. The highest BCUT2D eigenvalue weighted by Gasteiger charge is 2.01. The third-order valence-corrected chi connectivity index (χ3v) is 0.879. The summed E-state index contributed by atoms with van der Waals surface area (Å²) in [5, 5.41) is 0. The lowest BCUT2D eigenvalue weighted by atomic mass is 10.1. The van der Waals surface area contributed by atoms with Gasteiger partial charge in [0.2, 0.25) is 0 Å². The second kappa shape index (κ2) is 2.78. The molecule has 0 saturated carbocycles. The van der Waals surface area contributed by atoms with Gasteiger partial charge in [0.05, 0.1) is 0 Å². The van der Waals surface area contributed by atoms with Gasteiger partial charge >= 0.3 is 0 Å². The van der Waals surface area contributed by atoms with Gasteiger partial charge in [0.25, 0.3) is 0 Å². The highest BCUT2D eigenvalue weighted by Crippen LogP contribution is 1.98. The van der Waals surface area contributed by atoms with E-state index in [1.165, 1.54) is 0 Å². The van der Waals surface area contributed by atoms with Crippen LogP contribution in [0.25, 0.3) is 0 Å². The Kier molecular flexibility index (Phi) is 2.65. The van der Waals surface area contributed by atoms with Crippen molar-refractivity contribution in [2.75, 3.05) is 0 Å². The second-order valence-electron chi connectivity index (χ2n) is 1.78. The summed E-state index contributed by atoms with van der Waals surface area (Å²) in [7, 11) is 0. The summed E-state index contributed by atoms with van der Waals surface area (Å²) in [6.07, 6.45) is 0.641. The number of Topliss-reactive ketones (excluding diaryl/α,β-unsaturated/α-hetero) is 1. The van der Waals surface area contributed by atoms with Gasteiger partial charge in [0.15, 0.2) is 0 Å². The fraction of sp³-hybridized carbons (Fsp3) is 0.667. The first-order valence-electron chi connectivity index (χ1n) is 2.51. The van der Waals surface area contributed by atoms with Crippen LogP contribution >= 0.6 is 0 Å². The molecule has 0 saturated heterocycles. The molecule has 0 aliphatic carbocycles. The fourth-order valence-corrected chi connectivity index (χ4v) is 0.354.